The minimum absolute atomic E-state index is 0. The van der Waals surface area contributed by atoms with E-state index < -0.39 is 0 Å². The maximum absolute atomic E-state index is 11.2. The van der Waals surface area contributed by atoms with Gasteiger partial charge in [-0.15, -0.1) is 23.2 Å². The second kappa shape index (κ2) is 8.69. The Morgan fingerprint density at radius 2 is 1.61 bits per heavy atom. The summed E-state index contributed by atoms with van der Waals surface area (Å²) in [4.78, 5) is 10.8. The molecular formula is C16H19Cl3N2O2. The van der Waals surface area contributed by atoms with Gasteiger partial charge in [0.25, 0.3) is 5.69 Å². The Morgan fingerprint density at radius 1 is 1.04 bits per heavy atom. The van der Waals surface area contributed by atoms with E-state index in [9.17, 15) is 10.1 Å². The molecule has 0 aliphatic carbocycles. The quantitative estimate of drug-likeness (QED) is 0.315. The lowest BCUT2D eigenvalue weighted by Crippen LogP contribution is -3.00. The van der Waals surface area contributed by atoms with Crippen molar-refractivity contribution in [3.8, 4) is 0 Å². The molecule has 0 aromatic heterocycles. The van der Waals surface area contributed by atoms with Gasteiger partial charge in [0.05, 0.1) is 42.2 Å². The molecule has 2 aromatic rings. The van der Waals surface area contributed by atoms with Crippen LogP contribution in [0, 0.1) is 10.1 Å². The average molecular weight is 378 g/mol. The van der Waals surface area contributed by atoms with Gasteiger partial charge in [0.1, 0.15) is 6.54 Å². The second-order valence-electron chi connectivity index (χ2n) is 5.65. The van der Waals surface area contributed by atoms with E-state index in [1.807, 2.05) is 18.2 Å². The molecule has 0 bridgehead atoms. The van der Waals surface area contributed by atoms with Gasteiger partial charge in [-0.1, -0.05) is 24.3 Å². The number of halogens is 3. The Balaban J connectivity index is 0.00000264. The first kappa shape index (κ1) is 20.0. The highest BCUT2D eigenvalue weighted by atomic mass is 35.5. The average Bonchev–Trinajstić information content (AvgIpc) is 2.47. The fourth-order valence-electron chi connectivity index (χ4n) is 2.74. The van der Waals surface area contributed by atoms with Gasteiger partial charge in [-0.05, 0) is 11.5 Å². The normalized spacial score (nSPS) is 11.3. The number of rotatable bonds is 7. The van der Waals surface area contributed by atoms with Crippen LogP contribution in [0.3, 0.4) is 0 Å². The van der Waals surface area contributed by atoms with Gasteiger partial charge in [0.15, 0.2) is 0 Å². The van der Waals surface area contributed by atoms with Crippen molar-refractivity contribution in [1.29, 1.82) is 0 Å². The summed E-state index contributed by atoms with van der Waals surface area (Å²) >= 11 is 11.8. The third kappa shape index (κ3) is 4.70. The Labute approximate surface area is 152 Å². The van der Waals surface area contributed by atoms with Gasteiger partial charge in [-0.2, -0.15) is 0 Å². The monoisotopic (exact) mass is 376 g/mol. The molecule has 0 radical (unpaired) electrons. The van der Waals surface area contributed by atoms with Crippen molar-refractivity contribution in [2.75, 3.05) is 31.9 Å². The van der Waals surface area contributed by atoms with Gasteiger partial charge in [0, 0.05) is 11.6 Å². The van der Waals surface area contributed by atoms with Gasteiger partial charge >= 0.3 is 0 Å². The van der Waals surface area contributed by atoms with Crippen LogP contribution >= 0.6 is 23.2 Å². The van der Waals surface area contributed by atoms with E-state index >= 15 is 0 Å². The summed E-state index contributed by atoms with van der Waals surface area (Å²) in [5, 5.41) is 12.8. The van der Waals surface area contributed by atoms with Gasteiger partial charge in [-0.25, -0.2) is 0 Å². The van der Waals surface area contributed by atoms with Crippen molar-refractivity contribution < 1.29 is 21.8 Å². The van der Waals surface area contributed by atoms with Crippen LogP contribution in [0.2, 0.25) is 0 Å². The summed E-state index contributed by atoms with van der Waals surface area (Å²) in [5.41, 5.74) is 1.22. The molecule has 0 spiro atoms. The lowest BCUT2D eigenvalue weighted by molar-refractivity contribution is -0.918. The van der Waals surface area contributed by atoms with E-state index in [1.165, 1.54) is 6.07 Å². The summed E-state index contributed by atoms with van der Waals surface area (Å²) in [6, 6.07) is 10.9. The van der Waals surface area contributed by atoms with Gasteiger partial charge in [-0.3, -0.25) is 10.1 Å². The van der Waals surface area contributed by atoms with Crippen molar-refractivity contribution in [3.63, 3.8) is 0 Å². The number of benzene rings is 2. The first-order chi connectivity index (χ1) is 10.5. The largest absolute Gasteiger partial charge is 1.00 e. The fraction of sp³-hybridized carbons (Fsp3) is 0.375. The molecule has 0 amide bonds. The molecule has 0 aliphatic heterocycles. The molecule has 0 aliphatic rings. The van der Waals surface area contributed by atoms with Crippen LogP contribution in [0.25, 0.3) is 10.8 Å². The first-order valence-corrected chi connectivity index (χ1v) is 8.18. The van der Waals surface area contributed by atoms with Crippen LogP contribution in [0.15, 0.2) is 36.4 Å². The summed E-state index contributed by atoms with van der Waals surface area (Å²) in [6.07, 6.45) is 0. The van der Waals surface area contributed by atoms with E-state index in [1.54, 1.807) is 12.1 Å². The minimum Gasteiger partial charge on any atom is -1.00 e. The standard InChI is InChI=1S/C16H19Cl2N2O2.ClH/c1-20(10-8-17,11-9-18)12-13-4-2-6-15-14(13)5-3-7-16(15)19(21)22;/h2-7H,8-12H2,1H3;1H/q+1;/p-1. The number of nitro benzene ring substituents is 1. The lowest BCUT2D eigenvalue weighted by Gasteiger charge is -2.33. The van der Waals surface area contributed by atoms with Gasteiger partial charge in [0.2, 0.25) is 0 Å². The number of nitro groups is 1. The zero-order valence-corrected chi connectivity index (χ0v) is 15.1. The SMILES string of the molecule is C[N+](CCCl)(CCCl)Cc1cccc2c([N+](=O)[O-])cccc12.[Cl-]. The maximum atomic E-state index is 11.2. The van der Waals surface area contributed by atoms with Crippen LogP contribution < -0.4 is 12.4 Å². The van der Waals surface area contributed by atoms with Crippen LogP contribution in [0.1, 0.15) is 5.56 Å². The number of fused-ring (bicyclic) bond motifs is 1. The zero-order valence-electron chi connectivity index (χ0n) is 12.8. The molecule has 0 heterocycles. The molecule has 23 heavy (non-hydrogen) atoms. The van der Waals surface area contributed by atoms with Crippen molar-refractivity contribution in [1.82, 2.24) is 0 Å². The van der Waals surface area contributed by atoms with E-state index in [0.717, 1.165) is 35.1 Å². The molecule has 0 unspecified atom stereocenters. The molecule has 0 fully saturated rings. The number of alkyl halides is 2. The molecule has 2 aromatic carbocycles. The summed E-state index contributed by atoms with van der Waals surface area (Å²) in [6.45, 7) is 2.36. The summed E-state index contributed by atoms with van der Waals surface area (Å²) in [7, 11) is 2.11. The lowest BCUT2D eigenvalue weighted by atomic mass is 10.0. The third-order valence-corrected chi connectivity index (χ3v) is 4.32. The summed E-state index contributed by atoms with van der Waals surface area (Å²) < 4.78 is 0.717. The molecular weight excluding hydrogens is 359 g/mol. The number of hydrogen-bond acceptors (Lipinski definition) is 2. The van der Waals surface area contributed by atoms with Crippen LogP contribution in [-0.4, -0.2) is 41.3 Å². The van der Waals surface area contributed by atoms with Crippen LogP contribution in [-0.2, 0) is 6.54 Å². The predicted molar refractivity (Wildman–Crippen MR) is 91.7 cm³/mol. The number of nitrogens with zero attached hydrogens (tertiary/aromatic N) is 2. The topological polar surface area (TPSA) is 43.1 Å². The molecule has 2 rings (SSSR count). The smallest absolute Gasteiger partial charge is 0.277 e. The Morgan fingerprint density at radius 3 is 2.17 bits per heavy atom. The third-order valence-electron chi connectivity index (χ3n) is 3.99. The van der Waals surface area contributed by atoms with Crippen molar-refractivity contribution >= 4 is 39.7 Å². The maximum Gasteiger partial charge on any atom is 0.277 e. The predicted octanol–water partition coefficient (Wildman–Crippen LogP) is 1.18. The number of hydrogen-bond donors (Lipinski definition) is 0. The van der Waals surface area contributed by atoms with E-state index in [2.05, 4.69) is 7.05 Å². The highest BCUT2D eigenvalue weighted by Crippen LogP contribution is 2.29. The Kier molecular flexibility index (Phi) is 7.55. The summed E-state index contributed by atoms with van der Waals surface area (Å²) in [5.74, 6) is 1.11. The Bertz CT molecular complexity index is 673. The van der Waals surface area contributed by atoms with E-state index in [0.29, 0.717) is 17.1 Å². The van der Waals surface area contributed by atoms with Crippen molar-refractivity contribution in [2.45, 2.75) is 6.54 Å². The highest BCUT2D eigenvalue weighted by Gasteiger charge is 2.23. The molecule has 0 saturated carbocycles. The molecule has 4 nitrogen and oxygen atoms in total. The molecule has 0 atom stereocenters. The Hall–Kier alpha value is -1.07. The first-order valence-electron chi connectivity index (χ1n) is 7.11. The van der Waals surface area contributed by atoms with E-state index in [-0.39, 0.29) is 23.0 Å². The van der Waals surface area contributed by atoms with E-state index in [4.69, 9.17) is 23.2 Å². The highest BCUT2D eigenvalue weighted by molar-refractivity contribution is 6.18. The van der Waals surface area contributed by atoms with Crippen LogP contribution in [0.5, 0.6) is 0 Å². The zero-order chi connectivity index (χ0) is 16.2. The molecule has 7 heteroatoms. The number of non-ortho nitro benzene ring substituents is 1. The van der Waals surface area contributed by atoms with Crippen molar-refractivity contribution in [3.05, 3.63) is 52.1 Å². The minimum atomic E-state index is -0.336. The molecule has 126 valence electrons. The van der Waals surface area contributed by atoms with Gasteiger partial charge < -0.3 is 16.9 Å². The fourth-order valence-corrected chi connectivity index (χ4v) is 3.56. The second-order valence-corrected chi connectivity index (χ2v) is 6.41. The molecule has 0 saturated heterocycles. The van der Waals surface area contributed by atoms with Crippen molar-refractivity contribution in [2.24, 2.45) is 0 Å². The van der Waals surface area contributed by atoms with Crippen LogP contribution in [0.4, 0.5) is 5.69 Å². The molecule has 0 N–H and O–H groups in total. The number of quaternary nitrogens is 1.